The van der Waals surface area contributed by atoms with Gasteiger partial charge in [0.1, 0.15) is 10.8 Å². The lowest BCUT2D eigenvalue weighted by Gasteiger charge is -2.26. The lowest BCUT2D eigenvalue weighted by atomic mass is 10.0. The highest BCUT2D eigenvalue weighted by Crippen LogP contribution is 2.29. The van der Waals surface area contributed by atoms with Crippen LogP contribution in [0.25, 0.3) is 9.88 Å². The number of carbonyl (C=O) groups excluding carboxylic acids is 1. The molecule has 0 bridgehead atoms. The topological polar surface area (TPSA) is 54.5 Å². The molecule has 1 N–H and O–H groups in total. The fourth-order valence-corrected chi connectivity index (χ4v) is 4.49. The van der Waals surface area contributed by atoms with Crippen molar-refractivity contribution in [2.24, 2.45) is 0 Å². The first-order chi connectivity index (χ1) is 13.1. The predicted molar refractivity (Wildman–Crippen MR) is 112 cm³/mol. The van der Waals surface area contributed by atoms with E-state index in [1.807, 2.05) is 61.3 Å². The van der Waals surface area contributed by atoms with Crippen LogP contribution in [0.1, 0.15) is 17.3 Å². The summed E-state index contributed by atoms with van der Waals surface area (Å²) < 4.78 is 5.47. The van der Waals surface area contributed by atoms with E-state index in [1.165, 1.54) is 0 Å². The van der Waals surface area contributed by atoms with E-state index in [0.717, 1.165) is 26.9 Å². The monoisotopic (exact) mass is 401 g/mol. The zero-order chi connectivity index (χ0) is 19.2. The van der Waals surface area contributed by atoms with Crippen LogP contribution in [0, 0.1) is 0 Å². The van der Waals surface area contributed by atoms with Crippen LogP contribution < -0.4 is 10.1 Å². The molecule has 2 heterocycles. The molecule has 27 heavy (non-hydrogen) atoms. The van der Waals surface area contributed by atoms with Gasteiger partial charge in [0.2, 0.25) is 5.91 Å². The van der Waals surface area contributed by atoms with Crippen LogP contribution in [0.3, 0.4) is 0 Å². The summed E-state index contributed by atoms with van der Waals surface area (Å²) in [6.07, 6.45) is 0.286. The molecule has 3 rings (SSSR count). The normalized spacial score (nSPS) is 12.1. The minimum Gasteiger partial charge on any atom is -0.496 e. The van der Waals surface area contributed by atoms with Gasteiger partial charge in [-0.1, -0.05) is 24.3 Å². The average molecular weight is 402 g/mol. The Kier molecular flexibility index (Phi) is 6.60. The molecule has 2 aromatic heterocycles. The maximum atomic E-state index is 12.4. The van der Waals surface area contributed by atoms with Gasteiger partial charge >= 0.3 is 0 Å². The largest absolute Gasteiger partial charge is 0.496 e. The van der Waals surface area contributed by atoms with Crippen LogP contribution >= 0.6 is 22.7 Å². The number of rotatable bonds is 8. The van der Waals surface area contributed by atoms with Crippen LogP contribution in [-0.4, -0.2) is 43.5 Å². The zero-order valence-corrected chi connectivity index (χ0v) is 17.3. The number of nitrogens with one attached hydrogen (secondary N) is 1. The molecule has 7 heteroatoms. The molecular formula is C20H23N3O2S2. The van der Waals surface area contributed by atoms with E-state index in [4.69, 9.17) is 4.74 Å². The number of thiophene rings is 1. The number of aromatic nitrogens is 1. The molecule has 5 nitrogen and oxygen atoms in total. The average Bonchev–Trinajstić information content (AvgIpc) is 3.33. The second kappa shape index (κ2) is 9.12. The summed E-state index contributed by atoms with van der Waals surface area (Å²) in [5, 5.41) is 7.99. The smallest absolute Gasteiger partial charge is 0.226 e. The van der Waals surface area contributed by atoms with Gasteiger partial charge in [0.05, 0.1) is 30.1 Å². The van der Waals surface area contributed by atoms with Crippen molar-refractivity contribution in [2.75, 3.05) is 27.7 Å². The molecule has 0 spiro atoms. The molecule has 3 aromatic rings. The highest BCUT2D eigenvalue weighted by Gasteiger charge is 2.19. The highest BCUT2D eigenvalue weighted by molar-refractivity contribution is 7.20. The third kappa shape index (κ3) is 4.94. The summed E-state index contributed by atoms with van der Waals surface area (Å²) in [5.74, 6) is 0.797. The van der Waals surface area contributed by atoms with Gasteiger partial charge < -0.3 is 15.0 Å². The standard InChI is InChI=1S/C20H23N3O2S2/c1-23(2)16(15-7-4-5-8-17(15)25-3)12-21-19(24)11-14-13-27-20(22-14)18-9-6-10-26-18/h4-10,13,16H,11-12H2,1-3H3,(H,21,24). The molecule has 1 amide bonds. The molecule has 1 atom stereocenters. The molecule has 0 saturated carbocycles. The van der Waals surface area contributed by atoms with Crippen molar-refractivity contribution in [2.45, 2.75) is 12.5 Å². The number of thiazole rings is 1. The first-order valence-electron chi connectivity index (χ1n) is 8.62. The SMILES string of the molecule is COc1ccccc1C(CNC(=O)Cc1csc(-c2cccs2)n1)N(C)C. The summed E-state index contributed by atoms with van der Waals surface area (Å²) in [6, 6.07) is 12.0. The van der Waals surface area contributed by atoms with Crippen molar-refractivity contribution in [1.29, 1.82) is 0 Å². The molecule has 0 aliphatic carbocycles. The van der Waals surface area contributed by atoms with Crippen LogP contribution in [0.2, 0.25) is 0 Å². The quantitative estimate of drug-likeness (QED) is 0.623. The summed E-state index contributed by atoms with van der Waals surface area (Å²) in [6.45, 7) is 0.508. The highest BCUT2D eigenvalue weighted by atomic mass is 32.1. The second-order valence-electron chi connectivity index (χ2n) is 6.32. The van der Waals surface area contributed by atoms with Crippen molar-refractivity contribution >= 4 is 28.6 Å². The molecule has 0 saturated heterocycles. The van der Waals surface area contributed by atoms with Crippen molar-refractivity contribution in [3.05, 3.63) is 58.4 Å². The number of methoxy groups -OCH3 is 1. The molecule has 1 unspecified atom stereocenters. The van der Waals surface area contributed by atoms with Crippen LogP contribution in [0.15, 0.2) is 47.2 Å². The van der Waals surface area contributed by atoms with Gasteiger partial charge in [-0.2, -0.15) is 0 Å². The molecule has 142 valence electrons. The van der Waals surface area contributed by atoms with Gasteiger partial charge in [-0.3, -0.25) is 4.79 Å². The lowest BCUT2D eigenvalue weighted by molar-refractivity contribution is -0.120. The van der Waals surface area contributed by atoms with Gasteiger partial charge in [-0.05, 0) is 31.6 Å². The predicted octanol–water partition coefficient (Wildman–Crippen LogP) is 3.84. The Morgan fingerprint density at radius 3 is 2.74 bits per heavy atom. The Labute approximate surface area is 167 Å². The minimum atomic E-state index is -0.0280. The number of likely N-dealkylation sites (N-methyl/N-ethyl adjacent to an activating group) is 1. The summed E-state index contributed by atoms with van der Waals surface area (Å²) in [7, 11) is 5.66. The van der Waals surface area contributed by atoms with Gasteiger partial charge in [-0.15, -0.1) is 22.7 Å². The first-order valence-corrected chi connectivity index (χ1v) is 10.4. The van der Waals surface area contributed by atoms with Crippen molar-refractivity contribution < 1.29 is 9.53 Å². The number of hydrogen-bond donors (Lipinski definition) is 1. The van der Waals surface area contributed by atoms with E-state index in [0.29, 0.717) is 6.54 Å². The molecule has 0 fully saturated rings. The Morgan fingerprint density at radius 1 is 1.22 bits per heavy atom. The van der Waals surface area contributed by atoms with E-state index in [9.17, 15) is 4.79 Å². The summed E-state index contributed by atoms with van der Waals surface area (Å²) in [4.78, 5) is 20.2. The first kappa shape index (κ1) is 19.5. The van der Waals surface area contributed by atoms with E-state index < -0.39 is 0 Å². The van der Waals surface area contributed by atoms with E-state index in [2.05, 4.69) is 15.2 Å². The van der Waals surface area contributed by atoms with E-state index >= 15 is 0 Å². The summed E-state index contributed by atoms with van der Waals surface area (Å²) >= 11 is 3.23. The van der Waals surface area contributed by atoms with Gasteiger partial charge in [0.25, 0.3) is 0 Å². The number of hydrogen-bond acceptors (Lipinski definition) is 6. The van der Waals surface area contributed by atoms with E-state index in [-0.39, 0.29) is 18.4 Å². The van der Waals surface area contributed by atoms with Crippen LogP contribution in [-0.2, 0) is 11.2 Å². The maximum Gasteiger partial charge on any atom is 0.226 e. The number of nitrogens with zero attached hydrogens (tertiary/aromatic N) is 2. The molecule has 0 radical (unpaired) electrons. The third-order valence-electron chi connectivity index (χ3n) is 4.24. The lowest BCUT2D eigenvalue weighted by Crippen LogP contribution is -2.35. The Morgan fingerprint density at radius 2 is 2.04 bits per heavy atom. The number of para-hydroxylation sites is 1. The van der Waals surface area contributed by atoms with E-state index in [1.54, 1.807) is 29.8 Å². The summed E-state index contributed by atoms with van der Waals surface area (Å²) in [5.41, 5.74) is 1.86. The van der Waals surface area contributed by atoms with Crippen molar-refractivity contribution in [3.63, 3.8) is 0 Å². The number of benzene rings is 1. The van der Waals surface area contributed by atoms with Crippen LogP contribution in [0.5, 0.6) is 5.75 Å². The maximum absolute atomic E-state index is 12.4. The zero-order valence-electron chi connectivity index (χ0n) is 15.6. The van der Waals surface area contributed by atoms with Crippen molar-refractivity contribution in [3.8, 4) is 15.6 Å². The van der Waals surface area contributed by atoms with Gasteiger partial charge in [0, 0.05) is 17.5 Å². The Bertz CT molecular complexity index is 875. The number of amides is 1. The third-order valence-corrected chi connectivity index (χ3v) is 6.17. The minimum absolute atomic E-state index is 0.0280. The van der Waals surface area contributed by atoms with Crippen molar-refractivity contribution in [1.82, 2.24) is 15.2 Å². The molecule has 0 aliphatic heterocycles. The molecule has 1 aromatic carbocycles. The number of ether oxygens (including phenoxy) is 1. The number of carbonyl (C=O) groups is 1. The van der Waals surface area contributed by atoms with Gasteiger partial charge in [0.15, 0.2) is 0 Å². The second-order valence-corrected chi connectivity index (χ2v) is 8.13. The molecule has 0 aliphatic rings. The Balaban J connectivity index is 1.61. The molecular weight excluding hydrogens is 378 g/mol. The fourth-order valence-electron chi connectivity index (χ4n) is 2.85. The van der Waals surface area contributed by atoms with Crippen LogP contribution in [0.4, 0.5) is 0 Å². The van der Waals surface area contributed by atoms with Gasteiger partial charge in [-0.25, -0.2) is 4.98 Å². The Hall–Kier alpha value is -2.22. The fraction of sp³-hybridized carbons (Fsp3) is 0.300.